The van der Waals surface area contributed by atoms with Crippen molar-refractivity contribution >= 4 is 21.6 Å². The van der Waals surface area contributed by atoms with Gasteiger partial charge < -0.3 is 19.4 Å². The van der Waals surface area contributed by atoms with Crippen LogP contribution in [0.3, 0.4) is 0 Å². The number of sulfonamides is 1. The summed E-state index contributed by atoms with van der Waals surface area (Å²) >= 11 is 0. The number of piperidine rings is 1. The van der Waals surface area contributed by atoms with E-state index in [1.54, 1.807) is 29.2 Å². The SMILES string of the molecule is COc1ccc2c(c1)NC1(CCN(C(=O)c3ccco3)CC1)NS2(=O)=O. The van der Waals surface area contributed by atoms with Gasteiger partial charge in [0.2, 0.25) is 10.0 Å². The number of ether oxygens (including phenoxy) is 1. The second kappa shape index (κ2) is 6.03. The van der Waals surface area contributed by atoms with Gasteiger partial charge in [-0.2, -0.15) is 4.72 Å². The zero-order valence-corrected chi connectivity index (χ0v) is 15.0. The number of carbonyl (C=O) groups is 1. The first-order chi connectivity index (χ1) is 12.4. The van der Waals surface area contributed by atoms with Gasteiger partial charge in [-0.25, -0.2) is 8.42 Å². The third-order valence-electron chi connectivity index (χ3n) is 4.82. The monoisotopic (exact) mass is 377 g/mol. The molecule has 4 rings (SSSR count). The minimum Gasteiger partial charge on any atom is -0.497 e. The van der Waals surface area contributed by atoms with Gasteiger partial charge >= 0.3 is 0 Å². The van der Waals surface area contributed by atoms with E-state index in [1.165, 1.54) is 19.4 Å². The highest BCUT2D eigenvalue weighted by molar-refractivity contribution is 7.89. The number of fused-ring (bicyclic) bond motifs is 1. The number of benzene rings is 1. The molecule has 0 aliphatic carbocycles. The first kappa shape index (κ1) is 16.9. The van der Waals surface area contributed by atoms with Crippen LogP contribution in [0.4, 0.5) is 5.69 Å². The highest BCUT2D eigenvalue weighted by Crippen LogP contribution is 2.37. The minimum absolute atomic E-state index is 0.189. The molecule has 1 aromatic heterocycles. The number of likely N-dealkylation sites (tertiary alicyclic amines) is 1. The minimum atomic E-state index is -3.65. The average molecular weight is 377 g/mol. The van der Waals surface area contributed by atoms with Crippen LogP contribution in [0.25, 0.3) is 0 Å². The first-order valence-corrected chi connectivity index (χ1v) is 9.74. The van der Waals surface area contributed by atoms with Gasteiger partial charge in [0.25, 0.3) is 5.91 Å². The number of carbonyl (C=O) groups excluding carboxylic acids is 1. The fraction of sp³-hybridized carbons (Fsp3) is 0.353. The molecule has 2 aromatic rings. The van der Waals surface area contributed by atoms with Gasteiger partial charge in [-0.1, -0.05) is 0 Å². The van der Waals surface area contributed by atoms with Crippen molar-refractivity contribution in [2.75, 3.05) is 25.5 Å². The third kappa shape index (κ3) is 2.82. The summed E-state index contributed by atoms with van der Waals surface area (Å²) in [6.45, 7) is 0.822. The normalized spacial score (nSPS) is 20.3. The van der Waals surface area contributed by atoms with Crippen molar-refractivity contribution in [1.29, 1.82) is 0 Å². The van der Waals surface area contributed by atoms with Gasteiger partial charge in [-0.15, -0.1) is 0 Å². The van der Waals surface area contributed by atoms with Crippen molar-refractivity contribution in [3.8, 4) is 5.75 Å². The standard InChI is InChI=1S/C17H19N3O5S/c1-24-12-4-5-15-13(11-12)18-17(19-26(15,22)23)6-8-20(9-7-17)16(21)14-3-2-10-25-14/h2-5,10-11,18-19H,6-9H2,1H3. The zero-order valence-electron chi connectivity index (χ0n) is 14.2. The molecule has 9 heteroatoms. The van der Waals surface area contributed by atoms with Crippen LogP contribution in [-0.2, 0) is 10.0 Å². The van der Waals surface area contributed by atoms with Crippen LogP contribution in [-0.4, -0.2) is 45.1 Å². The molecule has 1 spiro atoms. The number of hydrogen-bond acceptors (Lipinski definition) is 6. The van der Waals surface area contributed by atoms with Crippen LogP contribution in [0, 0.1) is 0 Å². The number of rotatable bonds is 2. The lowest BCUT2D eigenvalue weighted by molar-refractivity contribution is 0.0644. The Morgan fingerprint density at radius 1 is 1.27 bits per heavy atom. The Morgan fingerprint density at radius 2 is 2.04 bits per heavy atom. The second-order valence-electron chi connectivity index (χ2n) is 6.44. The Hall–Kier alpha value is -2.52. The fourth-order valence-electron chi connectivity index (χ4n) is 3.44. The van der Waals surface area contributed by atoms with E-state index in [-0.39, 0.29) is 16.6 Å². The molecule has 0 unspecified atom stereocenters. The molecule has 0 saturated carbocycles. The molecule has 2 N–H and O–H groups in total. The molecule has 1 amide bonds. The lowest BCUT2D eigenvalue weighted by atomic mass is 9.97. The van der Waals surface area contributed by atoms with Crippen molar-refractivity contribution < 1.29 is 22.4 Å². The van der Waals surface area contributed by atoms with E-state index in [0.717, 1.165) is 0 Å². The maximum atomic E-state index is 12.7. The summed E-state index contributed by atoms with van der Waals surface area (Å²) in [4.78, 5) is 14.3. The molecule has 26 heavy (non-hydrogen) atoms. The van der Waals surface area contributed by atoms with Crippen molar-refractivity contribution in [2.45, 2.75) is 23.4 Å². The van der Waals surface area contributed by atoms with Gasteiger partial charge in [0.1, 0.15) is 16.3 Å². The van der Waals surface area contributed by atoms with Gasteiger partial charge in [0, 0.05) is 32.0 Å². The smallest absolute Gasteiger partial charge is 0.289 e. The Morgan fingerprint density at radius 3 is 2.69 bits per heavy atom. The number of hydrogen-bond donors (Lipinski definition) is 2. The highest BCUT2D eigenvalue weighted by atomic mass is 32.2. The summed E-state index contributed by atoms with van der Waals surface area (Å²) in [6, 6.07) is 8.10. The Kier molecular flexibility index (Phi) is 3.92. The van der Waals surface area contributed by atoms with Gasteiger partial charge in [0.15, 0.2) is 5.76 Å². The van der Waals surface area contributed by atoms with Crippen molar-refractivity contribution in [2.24, 2.45) is 0 Å². The van der Waals surface area contributed by atoms with Crippen molar-refractivity contribution in [3.63, 3.8) is 0 Å². The molecule has 8 nitrogen and oxygen atoms in total. The molecule has 2 aliphatic rings. The zero-order chi connectivity index (χ0) is 18.4. The lowest BCUT2D eigenvalue weighted by Crippen LogP contribution is -2.62. The second-order valence-corrected chi connectivity index (χ2v) is 8.10. The molecule has 0 atom stereocenters. The molecule has 1 saturated heterocycles. The summed E-state index contributed by atoms with van der Waals surface area (Å²) in [7, 11) is -2.11. The first-order valence-electron chi connectivity index (χ1n) is 8.25. The van der Waals surface area contributed by atoms with Crippen LogP contribution in [0.15, 0.2) is 45.9 Å². The molecule has 1 fully saturated rings. The Balaban J connectivity index is 1.56. The van der Waals surface area contributed by atoms with Crippen LogP contribution in [0.1, 0.15) is 23.4 Å². The van der Waals surface area contributed by atoms with Crippen LogP contribution >= 0.6 is 0 Å². The van der Waals surface area contributed by atoms with E-state index in [0.29, 0.717) is 37.4 Å². The Labute approximate surface area is 151 Å². The molecule has 2 aliphatic heterocycles. The van der Waals surface area contributed by atoms with Crippen LogP contribution < -0.4 is 14.8 Å². The number of methoxy groups -OCH3 is 1. The molecule has 3 heterocycles. The number of furan rings is 1. The molecule has 1 aromatic carbocycles. The van der Waals surface area contributed by atoms with Crippen molar-refractivity contribution in [3.05, 3.63) is 42.4 Å². The van der Waals surface area contributed by atoms with Crippen LogP contribution in [0.5, 0.6) is 5.75 Å². The number of nitrogens with zero attached hydrogens (tertiary/aromatic N) is 1. The summed E-state index contributed by atoms with van der Waals surface area (Å²) < 4.78 is 38.4. The van der Waals surface area contributed by atoms with E-state index < -0.39 is 15.7 Å². The predicted molar refractivity (Wildman–Crippen MR) is 93.5 cm³/mol. The maximum Gasteiger partial charge on any atom is 0.289 e. The quantitative estimate of drug-likeness (QED) is 0.825. The van der Waals surface area contributed by atoms with E-state index in [4.69, 9.17) is 9.15 Å². The van der Waals surface area contributed by atoms with Gasteiger partial charge in [-0.3, -0.25) is 4.79 Å². The highest BCUT2D eigenvalue weighted by Gasteiger charge is 2.44. The average Bonchev–Trinajstić information content (AvgIpc) is 3.15. The maximum absolute atomic E-state index is 12.7. The molecular weight excluding hydrogens is 358 g/mol. The summed E-state index contributed by atoms with van der Waals surface area (Å²) in [5.41, 5.74) is -0.313. The number of nitrogens with one attached hydrogen (secondary N) is 2. The molecule has 0 bridgehead atoms. The summed E-state index contributed by atoms with van der Waals surface area (Å²) in [6.07, 6.45) is 2.34. The van der Waals surface area contributed by atoms with E-state index in [9.17, 15) is 13.2 Å². The summed E-state index contributed by atoms with van der Waals surface area (Å²) in [5, 5.41) is 3.31. The molecular formula is C17H19N3O5S. The van der Waals surface area contributed by atoms with Crippen LogP contribution in [0.2, 0.25) is 0 Å². The van der Waals surface area contributed by atoms with E-state index >= 15 is 0 Å². The van der Waals surface area contributed by atoms with Gasteiger partial charge in [0.05, 0.1) is 19.1 Å². The Bertz CT molecular complexity index is 931. The van der Waals surface area contributed by atoms with Gasteiger partial charge in [-0.05, 0) is 24.3 Å². The van der Waals surface area contributed by atoms with Crippen molar-refractivity contribution in [1.82, 2.24) is 9.62 Å². The number of anilines is 1. The molecule has 138 valence electrons. The largest absolute Gasteiger partial charge is 0.497 e. The van der Waals surface area contributed by atoms with E-state index in [1.807, 2.05) is 0 Å². The van der Waals surface area contributed by atoms with E-state index in [2.05, 4.69) is 10.0 Å². The lowest BCUT2D eigenvalue weighted by Gasteiger charge is -2.45. The number of amides is 1. The molecule has 0 radical (unpaired) electrons. The summed E-state index contributed by atoms with van der Waals surface area (Å²) in [5.74, 6) is 0.674. The fourth-order valence-corrected chi connectivity index (χ4v) is 4.96. The third-order valence-corrected chi connectivity index (χ3v) is 6.41. The predicted octanol–water partition coefficient (Wildman–Crippen LogP) is 1.62. The topological polar surface area (TPSA) is 101 Å².